The second kappa shape index (κ2) is 12.8. The van der Waals surface area contributed by atoms with E-state index in [9.17, 15) is 19.2 Å². The number of ether oxygens (including phenoxy) is 1. The zero-order valence-electron chi connectivity index (χ0n) is 29.4. The third-order valence-corrected chi connectivity index (χ3v) is 9.52. The lowest BCUT2D eigenvalue weighted by atomic mass is 9.88. The summed E-state index contributed by atoms with van der Waals surface area (Å²) in [7, 11) is 3.51. The number of nitrogens with one attached hydrogen (secondary N) is 2. The minimum Gasteiger partial charge on any atom is -0.468 e. The summed E-state index contributed by atoms with van der Waals surface area (Å²) < 4.78 is 15.4. The Hall–Kier alpha value is -6.75. The smallest absolute Gasteiger partial charge is 0.328 e. The van der Waals surface area contributed by atoms with Crippen LogP contribution in [0.5, 0.6) is 5.88 Å². The molecule has 1 saturated heterocycles. The Morgan fingerprint density at radius 1 is 1.02 bits per heavy atom. The van der Waals surface area contributed by atoms with Crippen molar-refractivity contribution in [1.29, 1.82) is 0 Å². The number of piperidine rings is 1. The van der Waals surface area contributed by atoms with Crippen LogP contribution in [-0.2, 0) is 23.7 Å². The van der Waals surface area contributed by atoms with Crippen LogP contribution in [0.4, 0.5) is 11.4 Å². The Kier molecular flexibility index (Phi) is 8.06. The molecular weight excluding hydrogens is 676 g/mol. The van der Waals surface area contributed by atoms with Gasteiger partial charge in [0.05, 0.1) is 36.2 Å². The Balaban J connectivity index is 0.950. The standard InChI is InChI=1S/C39H34N8O6/c1-39(2)21-47(23-11-14-29-30(17-23)46(4)38(51)45(29)3)31-20-42-34(44-37(31)53-39)22-10-13-28(41-19-22)36(50)40-16-6-7-24-18-27-25(8-5-9-32(27)52-24)26-12-15-33(48)43-35(26)49/h5,8-11,13-14,17-20,26H,12,15-16,21H2,1-4H3,(H,40,50)(H,43,48,49). The molecule has 0 bridgehead atoms. The maximum absolute atomic E-state index is 12.9. The second-order valence-electron chi connectivity index (χ2n) is 13.7. The number of aromatic nitrogens is 5. The first kappa shape index (κ1) is 33.4. The van der Waals surface area contributed by atoms with Crippen molar-refractivity contribution in [3.63, 3.8) is 0 Å². The minimum atomic E-state index is -0.581. The van der Waals surface area contributed by atoms with Crippen LogP contribution in [-0.4, -0.2) is 60.5 Å². The van der Waals surface area contributed by atoms with Crippen molar-refractivity contribution < 1.29 is 23.5 Å². The van der Waals surface area contributed by atoms with Gasteiger partial charge >= 0.3 is 5.69 Å². The fraction of sp³-hybridized carbons (Fsp3) is 0.256. The van der Waals surface area contributed by atoms with Crippen molar-refractivity contribution in [2.75, 3.05) is 18.0 Å². The molecule has 0 saturated carbocycles. The van der Waals surface area contributed by atoms with Crippen molar-refractivity contribution >= 4 is 51.1 Å². The van der Waals surface area contributed by atoms with E-state index >= 15 is 0 Å². The van der Waals surface area contributed by atoms with Crippen molar-refractivity contribution in [3.05, 3.63) is 94.5 Å². The van der Waals surface area contributed by atoms with E-state index in [-0.39, 0.29) is 36.2 Å². The maximum atomic E-state index is 12.9. The molecule has 0 radical (unpaired) electrons. The number of pyridine rings is 1. The number of nitrogens with zero attached hydrogens (tertiary/aromatic N) is 6. The molecule has 8 rings (SSSR count). The van der Waals surface area contributed by atoms with E-state index < -0.39 is 17.4 Å². The summed E-state index contributed by atoms with van der Waals surface area (Å²) in [5.41, 5.74) is 4.71. The molecular formula is C39H34N8O6. The number of fused-ring (bicyclic) bond motifs is 3. The van der Waals surface area contributed by atoms with Crippen LogP contribution in [0, 0.1) is 11.8 Å². The van der Waals surface area contributed by atoms with Gasteiger partial charge in [0.1, 0.15) is 22.6 Å². The number of amides is 3. The van der Waals surface area contributed by atoms with Crippen LogP contribution in [0.3, 0.4) is 0 Å². The number of imidazole rings is 1. The molecule has 53 heavy (non-hydrogen) atoms. The predicted molar refractivity (Wildman–Crippen MR) is 196 cm³/mol. The van der Waals surface area contributed by atoms with Crippen LogP contribution in [0.25, 0.3) is 33.4 Å². The Morgan fingerprint density at radius 3 is 2.64 bits per heavy atom. The summed E-state index contributed by atoms with van der Waals surface area (Å²) in [5.74, 6) is 5.57. The maximum Gasteiger partial charge on any atom is 0.328 e. The van der Waals surface area contributed by atoms with Crippen molar-refractivity contribution in [2.45, 2.75) is 38.2 Å². The molecule has 6 heterocycles. The van der Waals surface area contributed by atoms with E-state index in [1.54, 1.807) is 59.8 Å². The second-order valence-corrected chi connectivity index (χ2v) is 13.7. The number of hydrogen-bond donors (Lipinski definition) is 2. The van der Waals surface area contributed by atoms with Gasteiger partial charge in [0.25, 0.3) is 5.91 Å². The van der Waals surface area contributed by atoms with Crippen LogP contribution in [0.1, 0.15) is 54.4 Å². The molecule has 2 N–H and O–H groups in total. The fourth-order valence-corrected chi connectivity index (χ4v) is 6.86. The van der Waals surface area contributed by atoms with Gasteiger partial charge in [-0.3, -0.25) is 33.8 Å². The molecule has 2 aliphatic heterocycles. The first-order chi connectivity index (χ1) is 25.5. The summed E-state index contributed by atoms with van der Waals surface area (Å²) in [6.07, 6.45) is 3.95. The number of benzene rings is 2. The highest BCUT2D eigenvalue weighted by atomic mass is 16.5. The first-order valence-electron chi connectivity index (χ1n) is 17.0. The van der Waals surface area contributed by atoms with Gasteiger partial charge in [-0.2, -0.15) is 4.98 Å². The summed E-state index contributed by atoms with van der Waals surface area (Å²) in [6.45, 7) is 4.55. The number of anilines is 2. The molecule has 0 spiro atoms. The van der Waals surface area contributed by atoms with E-state index in [1.807, 2.05) is 38.1 Å². The summed E-state index contributed by atoms with van der Waals surface area (Å²) in [6, 6.07) is 16.4. The van der Waals surface area contributed by atoms with Gasteiger partial charge < -0.3 is 19.4 Å². The highest BCUT2D eigenvalue weighted by molar-refractivity contribution is 6.02. The van der Waals surface area contributed by atoms with Gasteiger partial charge in [-0.1, -0.05) is 18.1 Å². The number of carbonyl (C=O) groups excluding carboxylic acids is 3. The Morgan fingerprint density at radius 2 is 1.85 bits per heavy atom. The lowest BCUT2D eigenvalue weighted by molar-refractivity contribution is -0.134. The normalized spacial score (nSPS) is 16.5. The Labute approximate surface area is 302 Å². The number of aryl methyl sites for hydroxylation is 2. The molecule has 2 aliphatic rings. The monoisotopic (exact) mass is 710 g/mol. The number of rotatable bonds is 5. The molecule has 14 heteroatoms. The molecule has 1 atom stereocenters. The quantitative estimate of drug-likeness (QED) is 0.197. The highest BCUT2D eigenvalue weighted by Crippen LogP contribution is 2.41. The highest BCUT2D eigenvalue weighted by Gasteiger charge is 2.35. The van der Waals surface area contributed by atoms with Crippen LogP contribution in [0.2, 0.25) is 0 Å². The summed E-state index contributed by atoms with van der Waals surface area (Å²) >= 11 is 0. The number of imide groups is 1. The zero-order chi connectivity index (χ0) is 37.0. The van der Waals surface area contributed by atoms with Gasteiger partial charge in [0.15, 0.2) is 11.6 Å². The van der Waals surface area contributed by atoms with E-state index in [0.29, 0.717) is 47.3 Å². The summed E-state index contributed by atoms with van der Waals surface area (Å²) in [5, 5.41) is 5.91. The third kappa shape index (κ3) is 6.16. The Bertz CT molecular complexity index is 2610. The van der Waals surface area contributed by atoms with Crippen molar-refractivity contribution in [3.8, 4) is 29.1 Å². The molecule has 6 aromatic rings. The molecule has 266 valence electrons. The lowest BCUT2D eigenvalue weighted by Crippen LogP contribution is -2.45. The molecule has 14 nitrogen and oxygen atoms in total. The molecule has 1 fully saturated rings. The zero-order valence-corrected chi connectivity index (χ0v) is 29.4. The minimum absolute atomic E-state index is 0.0460. The van der Waals surface area contributed by atoms with Crippen molar-refractivity contribution in [2.24, 2.45) is 14.1 Å². The van der Waals surface area contributed by atoms with Crippen LogP contribution in [0.15, 0.2) is 76.2 Å². The SMILES string of the molecule is Cn1c(=O)n(C)c2cc(N3CC(C)(C)Oc4nc(-c5ccc(C(=O)NCC#Cc6cc7c(C8CCC(=O)NC8=O)cccc7o6)nc5)ncc43)ccc21. The molecule has 1 unspecified atom stereocenters. The van der Waals surface area contributed by atoms with E-state index in [4.69, 9.17) is 14.1 Å². The number of furan rings is 1. The van der Waals surface area contributed by atoms with E-state index in [2.05, 4.69) is 37.3 Å². The predicted octanol–water partition coefficient (Wildman–Crippen LogP) is 4.09. The van der Waals surface area contributed by atoms with Gasteiger partial charge in [-0.25, -0.2) is 9.78 Å². The number of hydrogen-bond acceptors (Lipinski definition) is 10. The van der Waals surface area contributed by atoms with E-state index in [1.165, 1.54) is 6.20 Å². The molecule has 2 aromatic carbocycles. The van der Waals surface area contributed by atoms with Crippen LogP contribution >= 0.6 is 0 Å². The van der Waals surface area contributed by atoms with Gasteiger partial charge in [0.2, 0.25) is 17.7 Å². The van der Waals surface area contributed by atoms with Crippen LogP contribution < -0.4 is 26.0 Å². The van der Waals surface area contributed by atoms with Crippen molar-refractivity contribution in [1.82, 2.24) is 34.7 Å². The third-order valence-electron chi connectivity index (χ3n) is 9.52. The van der Waals surface area contributed by atoms with Gasteiger partial charge in [-0.15, -0.1) is 0 Å². The molecule has 3 amide bonds. The average Bonchev–Trinajstić information content (AvgIpc) is 3.66. The first-order valence-corrected chi connectivity index (χ1v) is 17.0. The fourth-order valence-electron chi connectivity index (χ4n) is 6.86. The lowest BCUT2D eigenvalue weighted by Gasteiger charge is -2.39. The summed E-state index contributed by atoms with van der Waals surface area (Å²) in [4.78, 5) is 65.2. The largest absolute Gasteiger partial charge is 0.468 e. The average molecular weight is 711 g/mol. The van der Waals surface area contributed by atoms with Gasteiger partial charge in [-0.05, 0) is 68.2 Å². The van der Waals surface area contributed by atoms with E-state index in [0.717, 1.165) is 27.7 Å². The molecule has 0 aliphatic carbocycles. The number of carbonyl (C=O) groups is 3. The topological polar surface area (TPSA) is 166 Å². The van der Waals surface area contributed by atoms with Gasteiger partial charge in [0, 0.05) is 49.4 Å². The molecule has 4 aromatic heterocycles.